The maximum atomic E-state index is 10.5. The second-order valence-corrected chi connectivity index (χ2v) is 3.89. The predicted molar refractivity (Wildman–Crippen MR) is 59.0 cm³/mol. The summed E-state index contributed by atoms with van der Waals surface area (Å²) in [6.45, 7) is 5.16. The highest BCUT2D eigenvalue weighted by atomic mass is 32.2. The molecule has 1 unspecified atom stereocenters. The highest BCUT2D eigenvalue weighted by Crippen LogP contribution is 2.36. The first kappa shape index (κ1) is 11.8. The molecule has 1 atom stereocenters. The molecule has 84 valence electrons. The molecular formula is C9H13N2O3S-. The first-order valence-electron chi connectivity index (χ1n) is 4.28. The molecule has 0 heterocycles. The zero-order chi connectivity index (χ0) is 11.7. The number of benzene rings is 1. The molecule has 0 aliphatic carbocycles. The number of hydrogen-bond acceptors (Lipinski definition) is 5. The van der Waals surface area contributed by atoms with Crippen LogP contribution in [0.2, 0.25) is 0 Å². The Kier molecular flexibility index (Phi) is 3.21. The van der Waals surface area contributed by atoms with Crippen LogP contribution in [0.5, 0.6) is 5.75 Å². The van der Waals surface area contributed by atoms with E-state index < -0.39 is 11.4 Å². The van der Waals surface area contributed by atoms with E-state index in [0.29, 0.717) is 22.5 Å². The maximum absolute atomic E-state index is 10.5. The smallest absolute Gasteiger partial charge is 0.149 e. The second kappa shape index (κ2) is 4.08. The zero-order valence-corrected chi connectivity index (χ0v) is 9.60. The number of nitrogen functional groups attached to an aromatic ring is 2. The first-order chi connectivity index (χ1) is 6.86. The SMILES string of the molecule is Cc1c(N)c(C)c(OS(=O)[O-])c(C)c1N. The highest BCUT2D eigenvalue weighted by molar-refractivity contribution is 7.74. The van der Waals surface area contributed by atoms with Crippen LogP contribution >= 0.6 is 0 Å². The summed E-state index contributed by atoms with van der Waals surface area (Å²) < 4.78 is 25.6. The van der Waals surface area contributed by atoms with Crippen LogP contribution in [0, 0.1) is 20.8 Å². The van der Waals surface area contributed by atoms with Gasteiger partial charge in [-0.25, -0.2) is 4.21 Å². The summed E-state index contributed by atoms with van der Waals surface area (Å²) in [5, 5.41) is 0. The summed E-state index contributed by atoms with van der Waals surface area (Å²) in [4.78, 5) is 0. The third-order valence-corrected chi connectivity index (χ3v) is 2.75. The summed E-state index contributed by atoms with van der Waals surface area (Å²) in [5.41, 5.74) is 14.4. The fourth-order valence-electron chi connectivity index (χ4n) is 1.43. The number of anilines is 2. The number of rotatable bonds is 2. The van der Waals surface area contributed by atoms with Gasteiger partial charge in [-0.1, -0.05) is 0 Å². The van der Waals surface area contributed by atoms with E-state index in [4.69, 9.17) is 11.5 Å². The van der Waals surface area contributed by atoms with Gasteiger partial charge in [-0.15, -0.1) is 0 Å². The van der Waals surface area contributed by atoms with Crippen molar-refractivity contribution in [1.29, 1.82) is 0 Å². The van der Waals surface area contributed by atoms with Gasteiger partial charge in [0.2, 0.25) is 0 Å². The van der Waals surface area contributed by atoms with E-state index in [1.807, 2.05) is 0 Å². The fraction of sp³-hybridized carbons (Fsp3) is 0.333. The molecule has 0 radical (unpaired) electrons. The van der Waals surface area contributed by atoms with Gasteiger partial charge >= 0.3 is 0 Å². The maximum Gasteiger partial charge on any atom is 0.149 e. The average molecular weight is 229 g/mol. The monoisotopic (exact) mass is 229 g/mol. The predicted octanol–water partition coefficient (Wildman–Crippen LogP) is 0.949. The summed E-state index contributed by atoms with van der Waals surface area (Å²) in [6, 6.07) is 0. The molecule has 0 spiro atoms. The second-order valence-electron chi connectivity index (χ2n) is 3.32. The number of hydrogen-bond donors (Lipinski definition) is 2. The molecule has 0 saturated carbocycles. The van der Waals surface area contributed by atoms with Gasteiger partial charge in [-0.2, -0.15) is 0 Å². The van der Waals surface area contributed by atoms with Crippen LogP contribution in [-0.4, -0.2) is 8.76 Å². The van der Waals surface area contributed by atoms with E-state index in [9.17, 15) is 8.76 Å². The summed E-state index contributed by atoms with van der Waals surface area (Å²) in [7, 11) is 0. The minimum Gasteiger partial charge on any atom is -0.740 e. The van der Waals surface area contributed by atoms with E-state index in [2.05, 4.69) is 4.18 Å². The van der Waals surface area contributed by atoms with Gasteiger partial charge in [-0.05, 0) is 26.3 Å². The van der Waals surface area contributed by atoms with Crippen LogP contribution in [0.25, 0.3) is 0 Å². The summed E-state index contributed by atoms with van der Waals surface area (Å²) >= 11 is -2.62. The summed E-state index contributed by atoms with van der Waals surface area (Å²) in [5.74, 6) is 0.212. The molecular weight excluding hydrogens is 216 g/mol. The Balaban J connectivity index is 3.45. The molecule has 0 aliphatic heterocycles. The lowest BCUT2D eigenvalue weighted by Gasteiger charge is -2.18. The molecule has 5 nitrogen and oxygen atoms in total. The van der Waals surface area contributed by atoms with Gasteiger partial charge in [0, 0.05) is 22.5 Å². The Hall–Kier alpha value is -1.27. The minimum atomic E-state index is -2.62. The molecule has 0 aromatic heterocycles. The Morgan fingerprint density at radius 1 is 1.07 bits per heavy atom. The molecule has 0 fully saturated rings. The normalized spacial score (nSPS) is 12.5. The lowest BCUT2D eigenvalue weighted by molar-refractivity contribution is 0.438. The minimum absolute atomic E-state index is 0.212. The van der Waals surface area contributed by atoms with Crippen molar-refractivity contribution in [2.75, 3.05) is 11.5 Å². The van der Waals surface area contributed by atoms with Crippen molar-refractivity contribution in [3.05, 3.63) is 16.7 Å². The fourth-order valence-corrected chi connectivity index (χ4v) is 1.81. The van der Waals surface area contributed by atoms with E-state index in [1.165, 1.54) is 0 Å². The zero-order valence-electron chi connectivity index (χ0n) is 8.79. The molecule has 15 heavy (non-hydrogen) atoms. The molecule has 0 bridgehead atoms. The molecule has 4 N–H and O–H groups in total. The quantitative estimate of drug-likeness (QED) is 0.580. The third-order valence-electron chi connectivity index (χ3n) is 2.45. The largest absolute Gasteiger partial charge is 0.740 e. The van der Waals surface area contributed by atoms with Crippen LogP contribution in [0.4, 0.5) is 11.4 Å². The van der Waals surface area contributed by atoms with Gasteiger partial charge in [0.25, 0.3) is 0 Å². The summed E-state index contributed by atoms with van der Waals surface area (Å²) in [6.07, 6.45) is 0. The highest BCUT2D eigenvalue weighted by Gasteiger charge is 2.14. The van der Waals surface area contributed by atoms with Crippen LogP contribution in [0.15, 0.2) is 0 Å². The molecule has 0 amide bonds. The van der Waals surface area contributed by atoms with Crippen molar-refractivity contribution in [2.45, 2.75) is 20.8 Å². The Morgan fingerprint density at radius 2 is 1.47 bits per heavy atom. The number of nitrogens with two attached hydrogens (primary N) is 2. The van der Waals surface area contributed by atoms with Crippen molar-refractivity contribution in [3.8, 4) is 5.75 Å². The Bertz CT molecular complexity index is 403. The van der Waals surface area contributed by atoms with Crippen molar-refractivity contribution in [2.24, 2.45) is 0 Å². The lowest BCUT2D eigenvalue weighted by Crippen LogP contribution is -2.07. The first-order valence-corrected chi connectivity index (χ1v) is 5.28. The molecule has 6 heteroatoms. The van der Waals surface area contributed by atoms with E-state index in [0.717, 1.165) is 5.56 Å². The average Bonchev–Trinajstić information content (AvgIpc) is 2.18. The Morgan fingerprint density at radius 3 is 1.80 bits per heavy atom. The topological polar surface area (TPSA) is 101 Å². The van der Waals surface area contributed by atoms with E-state index >= 15 is 0 Å². The molecule has 0 aliphatic rings. The van der Waals surface area contributed by atoms with Gasteiger partial charge in [0.15, 0.2) is 0 Å². The van der Waals surface area contributed by atoms with Crippen LogP contribution in [-0.2, 0) is 11.4 Å². The van der Waals surface area contributed by atoms with Crippen molar-refractivity contribution in [1.82, 2.24) is 0 Å². The van der Waals surface area contributed by atoms with Gasteiger partial charge in [-0.3, -0.25) is 0 Å². The van der Waals surface area contributed by atoms with Crippen molar-refractivity contribution < 1.29 is 12.9 Å². The van der Waals surface area contributed by atoms with E-state index in [-0.39, 0.29) is 5.75 Å². The molecule has 1 rings (SSSR count). The van der Waals surface area contributed by atoms with Crippen LogP contribution in [0.1, 0.15) is 16.7 Å². The van der Waals surface area contributed by atoms with E-state index in [1.54, 1.807) is 20.8 Å². The van der Waals surface area contributed by atoms with Gasteiger partial charge in [0.05, 0.1) is 0 Å². The van der Waals surface area contributed by atoms with Crippen LogP contribution < -0.4 is 15.7 Å². The van der Waals surface area contributed by atoms with Crippen molar-refractivity contribution >= 4 is 22.7 Å². The molecule has 1 aromatic carbocycles. The standard InChI is InChI=1S/C9H14N2O3S/c1-4-7(10)5(2)9(14-15(12)13)6(3)8(4)11/h10-11H2,1-3H3,(H,12,13)/p-1. The molecule has 0 saturated heterocycles. The van der Waals surface area contributed by atoms with Gasteiger partial charge in [0.1, 0.15) is 17.1 Å². The van der Waals surface area contributed by atoms with Gasteiger partial charge < -0.3 is 20.2 Å². The third kappa shape index (κ3) is 2.05. The Labute approximate surface area is 90.9 Å². The lowest BCUT2D eigenvalue weighted by atomic mass is 10.0. The van der Waals surface area contributed by atoms with Crippen molar-refractivity contribution in [3.63, 3.8) is 0 Å². The molecule has 1 aromatic rings. The van der Waals surface area contributed by atoms with Crippen LogP contribution in [0.3, 0.4) is 0 Å².